The van der Waals surface area contributed by atoms with Gasteiger partial charge in [0.25, 0.3) is 5.91 Å². The quantitative estimate of drug-likeness (QED) is 0.380. The van der Waals surface area contributed by atoms with E-state index in [1.165, 1.54) is 15.4 Å². The van der Waals surface area contributed by atoms with E-state index in [1.54, 1.807) is 30.0 Å². The lowest BCUT2D eigenvalue weighted by Gasteiger charge is -2.42. The number of carbonyl (C=O) groups excluding carboxylic acids is 2. The van der Waals surface area contributed by atoms with E-state index in [9.17, 15) is 9.59 Å². The molecule has 3 amide bonds. The summed E-state index contributed by atoms with van der Waals surface area (Å²) in [5, 5.41) is 0. The van der Waals surface area contributed by atoms with Gasteiger partial charge in [0.1, 0.15) is 5.54 Å². The van der Waals surface area contributed by atoms with E-state index in [0.29, 0.717) is 32.5 Å². The summed E-state index contributed by atoms with van der Waals surface area (Å²) in [6.07, 6.45) is 8.50. The second-order valence-electron chi connectivity index (χ2n) is 9.00. The van der Waals surface area contributed by atoms with E-state index in [0.717, 1.165) is 38.0 Å². The molecule has 0 saturated carbocycles. The van der Waals surface area contributed by atoms with Crippen LogP contribution in [0.2, 0.25) is 0 Å². The minimum atomic E-state index is -0.747. The van der Waals surface area contributed by atoms with Crippen molar-refractivity contribution in [2.45, 2.75) is 42.7 Å². The van der Waals surface area contributed by atoms with Gasteiger partial charge in [-0.1, -0.05) is 18.2 Å². The van der Waals surface area contributed by atoms with Gasteiger partial charge in [0.15, 0.2) is 0 Å². The second-order valence-corrected chi connectivity index (χ2v) is 9.88. The van der Waals surface area contributed by atoms with E-state index >= 15 is 0 Å². The third-order valence-corrected chi connectivity index (χ3v) is 7.70. The van der Waals surface area contributed by atoms with Crippen LogP contribution in [0.4, 0.5) is 4.79 Å². The maximum Gasteiger partial charge on any atom is 0.327 e. The fourth-order valence-electron chi connectivity index (χ4n) is 5.01. The largest absolute Gasteiger partial charge is 0.383 e. The number of rotatable bonds is 10. The first-order chi connectivity index (χ1) is 16.6. The fraction of sp³-hybridized carbons (Fsp3) is 0.500. The number of hydrogen-bond acceptors (Lipinski definition) is 6. The number of thioether (sulfide) groups is 1. The molecule has 4 rings (SSSR count). The highest BCUT2D eigenvalue weighted by Crippen LogP contribution is 2.37. The molecule has 2 aliphatic rings. The molecule has 2 aliphatic heterocycles. The molecule has 3 heterocycles. The summed E-state index contributed by atoms with van der Waals surface area (Å²) < 4.78 is 5.27. The third kappa shape index (κ3) is 5.29. The van der Waals surface area contributed by atoms with Gasteiger partial charge in [-0.3, -0.25) is 19.6 Å². The molecule has 2 aromatic rings. The Hall–Kier alpha value is -2.42. The third-order valence-electron chi connectivity index (χ3n) is 6.96. The molecule has 0 atom stereocenters. The van der Waals surface area contributed by atoms with Gasteiger partial charge < -0.3 is 9.64 Å². The van der Waals surface area contributed by atoms with Crippen LogP contribution in [0.25, 0.3) is 0 Å². The van der Waals surface area contributed by atoms with Crippen LogP contribution < -0.4 is 0 Å². The summed E-state index contributed by atoms with van der Waals surface area (Å²) in [6.45, 7) is 3.74. The monoisotopic (exact) mass is 482 g/mol. The molecule has 0 N–H and O–H groups in total. The van der Waals surface area contributed by atoms with Gasteiger partial charge in [-0.25, -0.2) is 4.79 Å². The van der Waals surface area contributed by atoms with Gasteiger partial charge in [-0.15, -0.1) is 11.8 Å². The van der Waals surface area contributed by atoms with Crippen molar-refractivity contribution in [3.8, 4) is 0 Å². The molecule has 1 aromatic heterocycles. The lowest BCUT2D eigenvalue weighted by molar-refractivity contribution is -0.136. The Bertz CT molecular complexity index is 962. The van der Waals surface area contributed by atoms with E-state index < -0.39 is 5.54 Å². The minimum Gasteiger partial charge on any atom is -0.383 e. The van der Waals surface area contributed by atoms with Crippen LogP contribution in [0.1, 0.15) is 30.4 Å². The first kappa shape index (κ1) is 24.7. The molecule has 0 bridgehead atoms. The van der Waals surface area contributed by atoms with Gasteiger partial charge in [0.2, 0.25) is 0 Å². The normalized spacial score (nSPS) is 18.3. The van der Waals surface area contributed by atoms with Crippen molar-refractivity contribution in [3.05, 3.63) is 59.9 Å². The molecule has 0 unspecified atom stereocenters. The van der Waals surface area contributed by atoms with Crippen LogP contribution in [0.5, 0.6) is 0 Å². The Balaban J connectivity index is 1.40. The Morgan fingerprint density at radius 1 is 1.06 bits per heavy atom. The molecule has 0 radical (unpaired) electrons. The number of likely N-dealkylation sites (tertiary alicyclic amines) is 1. The van der Waals surface area contributed by atoms with Gasteiger partial charge in [-0.2, -0.15) is 0 Å². The summed E-state index contributed by atoms with van der Waals surface area (Å²) in [5.74, 6) is -0.0382. The van der Waals surface area contributed by atoms with Crippen LogP contribution in [-0.2, 0) is 22.5 Å². The van der Waals surface area contributed by atoms with Crippen LogP contribution in [-0.4, -0.2) is 83.3 Å². The van der Waals surface area contributed by atoms with E-state index in [4.69, 9.17) is 4.74 Å². The van der Waals surface area contributed by atoms with E-state index in [-0.39, 0.29) is 11.9 Å². The molecule has 1 aromatic carbocycles. The summed E-state index contributed by atoms with van der Waals surface area (Å²) >= 11 is 1.74. The Morgan fingerprint density at radius 2 is 1.82 bits per heavy atom. The number of carbonyl (C=O) groups is 2. The van der Waals surface area contributed by atoms with Crippen molar-refractivity contribution in [1.29, 1.82) is 0 Å². The standard InChI is InChI=1S/C26H34N4O3S/c1-33-18-17-30-25(32)29(14-4-6-21-5-3-13-27-19-21)24(31)26(30)11-15-28(16-12-26)20-22-7-9-23(34-2)10-8-22/h3,5,7-10,13,19H,4,6,11-12,14-18,20H2,1-2H3. The predicted molar refractivity (Wildman–Crippen MR) is 134 cm³/mol. The number of aromatic nitrogens is 1. The average molecular weight is 483 g/mol. The van der Waals surface area contributed by atoms with Crippen molar-refractivity contribution < 1.29 is 14.3 Å². The zero-order valence-corrected chi connectivity index (χ0v) is 20.9. The summed E-state index contributed by atoms with van der Waals surface area (Å²) in [6, 6.07) is 12.4. The highest BCUT2D eigenvalue weighted by Gasteiger charge is 2.57. The zero-order chi connectivity index (χ0) is 24.0. The SMILES string of the molecule is COCCN1C(=O)N(CCCc2cccnc2)C(=O)C12CCN(Cc1ccc(SC)cc1)CC2. The summed E-state index contributed by atoms with van der Waals surface area (Å²) in [7, 11) is 1.63. The Kier molecular flexibility index (Phi) is 8.24. The van der Waals surface area contributed by atoms with Crippen molar-refractivity contribution in [2.24, 2.45) is 0 Å². The van der Waals surface area contributed by atoms with Gasteiger partial charge in [-0.05, 0) is 61.3 Å². The average Bonchev–Trinajstić information content (AvgIpc) is 3.06. The molecule has 1 spiro atoms. The number of piperidine rings is 1. The van der Waals surface area contributed by atoms with Crippen LogP contribution >= 0.6 is 11.8 Å². The number of nitrogens with zero attached hydrogens (tertiary/aromatic N) is 4. The number of urea groups is 1. The number of imide groups is 1. The van der Waals surface area contributed by atoms with Crippen molar-refractivity contribution in [2.75, 3.05) is 46.2 Å². The molecule has 7 nitrogen and oxygen atoms in total. The fourth-order valence-corrected chi connectivity index (χ4v) is 5.42. The Morgan fingerprint density at radius 3 is 2.47 bits per heavy atom. The van der Waals surface area contributed by atoms with Gasteiger partial charge in [0, 0.05) is 57.1 Å². The molecule has 182 valence electrons. The van der Waals surface area contributed by atoms with Crippen molar-refractivity contribution in [3.63, 3.8) is 0 Å². The molecule has 0 aliphatic carbocycles. The number of hydrogen-bond donors (Lipinski definition) is 0. The van der Waals surface area contributed by atoms with Gasteiger partial charge >= 0.3 is 6.03 Å². The number of benzene rings is 1. The maximum atomic E-state index is 13.6. The lowest BCUT2D eigenvalue weighted by atomic mass is 9.85. The predicted octanol–water partition coefficient (Wildman–Crippen LogP) is 3.68. The molecule has 2 fully saturated rings. The van der Waals surface area contributed by atoms with Crippen molar-refractivity contribution in [1.82, 2.24) is 19.7 Å². The number of pyridine rings is 1. The maximum absolute atomic E-state index is 13.6. The molecule has 34 heavy (non-hydrogen) atoms. The first-order valence-electron chi connectivity index (χ1n) is 11.9. The van der Waals surface area contributed by atoms with Crippen LogP contribution in [0.15, 0.2) is 53.7 Å². The number of aryl methyl sites for hydroxylation is 1. The molecular formula is C26H34N4O3S. The Labute approximate surface area is 206 Å². The number of amides is 3. The van der Waals surface area contributed by atoms with E-state index in [1.807, 2.05) is 18.3 Å². The lowest BCUT2D eigenvalue weighted by Crippen LogP contribution is -2.57. The number of ether oxygens (including phenoxy) is 1. The van der Waals surface area contributed by atoms with Gasteiger partial charge in [0.05, 0.1) is 6.61 Å². The summed E-state index contributed by atoms with van der Waals surface area (Å²) in [5.41, 5.74) is 1.64. The van der Waals surface area contributed by atoms with Crippen molar-refractivity contribution >= 4 is 23.7 Å². The highest BCUT2D eigenvalue weighted by atomic mass is 32.2. The second kappa shape index (κ2) is 11.3. The summed E-state index contributed by atoms with van der Waals surface area (Å²) in [4.78, 5) is 38.0. The topological polar surface area (TPSA) is 66.0 Å². The highest BCUT2D eigenvalue weighted by molar-refractivity contribution is 7.98. The molecular weight excluding hydrogens is 448 g/mol. The van der Waals surface area contributed by atoms with Crippen LogP contribution in [0, 0.1) is 0 Å². The van der Waals surface area contributed by atoms with Crippen LogP contribution in [0.3, 0.4) is 0 Å². The zero-order valence-electron chi connectivity index (χ0n) is 20.1. The minimum absolute atomic E-state index is 0.0382. The first-order valence-corrected chi connectivity index (χ1v) is 13.2. The van der Waals surface area contributed by atoms with E-state index in [2.05, 4.69) is 40.4 Å². The smallest absolute Gasteiger partial charge is 0.327 e. The number of methoxy groups -OCH3 is 1. The molecule has 2 saturated heterocycles. The molecule has 8 heteroatoms.